The van der Waals surface area contributed by atoms with E-state index in [-0.39, 0.29) is 11.8 Å². The molecule has 0 atom stereocenters. The fourth-order valence-electron chi connectivity index (χ4n) is 6.41. The molecule has 0 radical (unpaired) electrons. The van der Waals surface area contributed by atoms with E-state index in [0.29, 0.717) is 28.0 Å². The maximum atomic E-state index is 13.4. The fourth-order valence-corrected chi connectivity index (χ4v) is 6.69. The molecule has 2 aromatic carbocycles. The Labute approximate surface area is 263 Å². The van der Waals surface area contributed by atoms with Gasteiger partial charge in [0.25, 0.3) is 11.8 Å². The number of fused-ring (bicyclic) bond motifs is 2. The van der Waals surface area contributed by atoms with Crippen LogP contribution >= 0.6 is 11.6 Å². The molecule has 2 aliphatic rings. The van der Waals surface area contributed by atoms with Crippen molar-refractivity contribution in [2.45, 2.75) is 46.2 Å². The third kappa shape index (κ3) is 5.53. The van der Waals surface area contributed by atoms with Crippen molar-refractivity contribution < 1.29 is 9.59 Å². The first-order valence-corrected chi connectivity index (χ1v) is 15.5. The van der Waals surface area contributed by atoms with Gasteiger partial charge in [-0.05, 0) is 50.2 Å². The number of anilines is 2. The van der Waals surface area contributed by atoms with E-state index < -0.39 is 0 Å². The summed E-state index contributed by atoms with van der Waals surface area (Å²) < 4.78 is 3.80. The molecule has 10 nitrogen and oxygen atoms in total. The number of imidazole rings is 2. The van der Waals surface area contributed by atoms with E-state index in [9.17, 15) is 9.59 Å². The molecule has 0 spiro atoms. The van der Waals surface area contributed by atoms with E-state index in [0.717, 1.165) is 91.5 Å². The zero-order valence-corrected chi connectivity index (χ0v) is 26.8. The second-order valence-corrected chi connectivity index (χ2v) is 12.2. The molecule has 0 bridgehead atoms. The summed E-state index contributed by atoms with van der Waals surface area (Å²) >= 11 is 6.93. The van der Waals surface area contributed by atoms with Crippen LogP contribution in [0.2, 0.25) is 5.02 Å². The third-order valence-electron chi connectivity index (χ3n) is 8.85. The number of hydrogen-bond donors (Lipinski definition) is 2. The molecule has 4 heterocycles. The van der Waals surface area contributed by atoms with Gasteiger partial charge in [0.1, 0.15) is 0 Å². The molecule has 0 fully saturated rings. The molecule has 0 saturated heterocycles. The molecule has 230 valence electrons. The monoisotopic (exact) mass is 614 g/mol. The van der Waals surface area contributed by atoms with E-state index in [1.54, 1.807) is 6.07 Å². The minimum atomic E-state index is -0.301. The molecular weight excluding hydrogens is 576 g/mol. The van der Waals surface area contributed by atoms with Crippen LogP contribution in [0.4, 0.5) is 11.4 Å². The van der Waals surface area contributed by atoms with Gasteiger partial charge in [-0.3, -0.25) is 14.5 Å². The average molecular weight is 615 g/mol. The minimum Gasteiger partial charge on any atom is -0.327 e. The highest BCUT2D eigenvalue weighted by Crippen LogP contribution is 2.38. The molecule has 0 aliphatic carbocycles. The smallest absolute Gasteiger partial charge is 0.291 e. The van der Waals surface area contributed by atoms with Gasteiger partial charge in [0.2, 0.25) is 0 Å². The second-order valence-electron chi connectivity index (χ2n) is 11.8. The summed E-state index contributed by atoms with van der Waals surface area (Å²) in [5.74, 6) is 0.211. The maximum absolute atomic E-state index is 13.4. The van der Waals surface area contributed by atoms with Crippen LogP contribution in [0.1, 0.15) is 62.9 Å². The number of hydrogen-bond acceptors (Lipinski definition) is 6. The lowest BCUT2D eigenvalue weighted by molar-refractivity contribution is 0.100. The van der Waals surface area contributed by atoms with E-state index in [1.807, 2.05) is 60.5 Å². The summed E-state index contributed by atoms with van der Waals surface area (Å²) in [4.78, 5) is 40.8. The number of aromatic nitrogens is 4. The molecule has 2 aromatic heterocycles. The number of benzene rings is 2. The summed E-state index contributed by atoms with van der Waals surface area (Å²) in [7, 11) is 5.86. The minimum absolute atomic E-state index is 0.257. The van der Waals surface area contributed by atoms with Crippen LogP contribution in [-0.4, -0.2) is 67.4 Å². The Hall–Kier alpha value is -3.99. The number of carbonyl (C=O) groups excluding carboxylic acids is 2. The first kappa shape index (κ1) is 30.1. The predicted octanol–water partition coefficient (Wildman–Crippen LogP) is 5.04. The van der Waals surface area contributed by atoms with Gasteiger partial charge in [0.15, 0.2) is 11.6 Å². The Kier molecular flexibility index (Phi) is 8.32. The van der Waals surface area contributed by atoms with Gasteiger partial charge >= 0.3 is 0 Å². The van der Waals surface area contributed by atoms with Crippen LogP contribution in [0.25, 0.3) is 11.1 Å². The van der Waals surface area contributed by atoms with Crippen LogP contribution in [-0.2, 0) is 40.0 Å². The van der Waals surface area contributed by atoms with E-state index in [1.165, 1.54) is 0 Å². The van der Waals surface area contributed by atoms with E-state index in [4.69, 9.17) is 16.6 Å². The van der Waals surface area contributed by atoms with Gasteiger partial charge in [0, 0.05) is 75.8 Å². The van der Waals surface area contributed by atoms with Crippen LogP contribution in [0, 0.1) is 6.92 Å². The van der Waals surface area contributed by atoms with Crippen molar-refractivity contribution in [3.63, 3.8) is 0 Å². The SMILES string of the molecule is CCCN1CCc2c(nc(C(=O)Nc3cccc(-c4cccc(NC(=O)c5nc6c(n5C)CCN(C)C6)c4C)c3Cl)n2C)C1. The Morgan fingerprint density at radius 1 is 0.818 bits per heavy atom. The highest BCUT2D eigenvalue weighted by Gasteiger charge is 2.27. The van der Waals surface area contributed by atoms with Crippen molar-refractivity contribution in [3.8, 4) is 11.1 Å². The summed E-state index contributed by atoms with van der Waals surface area (Å²) in [6.07, 6.45) is 2.82. The molecule has 44 heavy (non-hydrogen) atoms. The molecule has 0 saturated carbocycles. The molecule has 2 aliphatic heterocycles. The van der Waals surface area contributed by atoms with Crippen molar-refractivity contribution in [2.24, 2.45) is 14.1 Å². The van der Waals surface area contributed by atoms with Gasteiger partial charge in [-0.15, -0.1) is 0 Å². The lowest BCUT2D eigenvalue weighted by Crippen LogP contribution is -2.31. The zero-order valence-electron chi connectivity index (χ0n) is 26.0. The molecule has 0 unspecified atom stereocenters. The lowest BCUT2D eigenvalue weighted by Gasteiger charge is -2.25. The van der Waals surface area contributed by atoms with Gasteiger partial charge in [0.05, 0.1) is 22.1 Å². The van der Waals surface area contributed by atoms with Crippen LogP contribution in [0.15, 0.2) is 36.4 Å². The van der Waals surface area contributed by atoms with Gasteiger partial charge < -0.3 is 24.7 Å². The number of likely N-dealkylation sites (N-methyl/N-ethyl adjacent to an activating group) is 1. The fraction of sp³-hybridized carbons (Fsp3) is 0.394. The average Bonchev–Trinajstić information content (AvgIpc) is 3.51. The predicted molar refractivity (Wildman–Crippen MR) is 173 cm³/mol. The van der Waals surface area contributed by atoms with Crippen LogP contribution < -0.4 is 10.6 Å². The first-order valence-electron chi connectivity index (χ1n) is 15.2. The maximum Gasteiger partial charge on any atom is 0.291 e. The first-order chi connectivity index (χ1) is 21.2. The van der Waals surface area contributed by atoms with Crippen molar-refractivity contribution in [3.05, 3.63) is 81.4 Å². The summed E-state index contributed by atoms with van der Waals surface area (Å²) in [5.41, 5.74) is 7.76. The molecule has 11 heteroatoms. The van der Waals surface area contributed by atoms with Crippen molar-refractivity contribution >= 4 is 34.8 Å². The highest BCUT2D eigenvalue weighted by atomic mass is 35.5. The number of amides is 2. The van der Waals surface area contributed by atoms with Crippen LogP contribution in [0.3, 0.4) is 0 Å². The normalized spacial score (nSPS) is 15.1. The molecule has 6 rings (SSSR count). The topological polar surface area (TPSA) is 100 Å². The molecule has 4 aromatic rings. The Morgan fingerprint density at radius 3 is 2.05 bits per heavy atom. The van der Waals surface area contributed by atoms with Crippen molar-refractivity contribution in [1.82, 2.24) is 28.9 Å². The second kappa shape index (κ2) is 12.2. The standard InChI is InChI=1S/C33H39ClN8O2/c1-6-15-42-17-14-28-26(19-42)36-31(41(28)5)33(44)38-24-12-8-10-22(29(24)34)21-9-7-11-23(20(21)2)37-32(43)30-35-25-18-39(3)16-13-27(25)40(30)4/h7-12H,6,13-19H2,1-5H3,(H,37,43)(H,38,44). The van der Waals surface area contributed by atoms with Gasteiger partial charge in [-0.2, -0.15) is 0 Å². The number of carbonyl (C=O) groups is 2. The van der Waals surface area contributed by atoms with E-state index in [2.05, 4.69) is 39.4 Å². The van der Waals surface area contributed by atoms with Crippen LogP contribution in [0.5, 0.6) is 0 Å². The Bertz CT molecular complexity index is 1760. The van der Waals surface area contributed by atoms with Gasteiger partial charge in [-0.1, -0.05) is 42.8 Å². The molecule has 2 amide bonds. The summed E-state index contributed by atoms with van der Waals surface area (Å²) in [5, 5.41) is 6.47. The Balaban J connectivity index is 1.23. The third-order valence-corrected chi connectivity index (χ3v) is 9.25. The summed E-state index contributed by atoms with van der Waals surface area (Å²) in [6, 6.07) is 11.3. The van der Waals surface area contributed by atoms with Crippen molar-refractivity contribution in [1.29, 1.82) is 0 Å². The molecule has 2 N–H and O–H groups in total. The van der Waals surface area contributed by atoms with E-state index >= 15 is 0 Å². The summed E-state index contributed by atoms with van der Waals surface area (Å²) in [6.45, 7) is 8.54. The van der Waals surface area contributed by atoms with Crippen molar-refractivity contribution in [2.75, 3.05) is 37.3 Å². The zero-order chi connectivity index (χ0) is 31.1. The lowest BCUT2D eigenvalue weighted by atomic mass is 9.98. The number of nitrogens with zero attached hydrogens (tertiary/aromatic N) is 6. The number of halogens is 1. The molecular formula is C33H39ClN8O2. The quantitative estimate of drug-likeness (QED) is 0.302. The van der Waals surface area contributed by atoms with Gasteiger partial charge in [-0.25, -0.2) is 9.97 Å². The highest BCUT2D eigenvalue weighted by molar-refractivity contribution is 6.36. The number of nitrogens with one attached hydrogen (secondary N) is 2. The number of rotatable bonds is 7. The largest absolute Gasteiger partial charge is 0.327 e. The Morgan fingerprint density at radius 2 is 1.39 bits per heavy atom.